The summed E-state index contributed by atoms with van der Waals surface area (Å²) >= 11 is 1.72. The molecule has 0 aliphatic heterocycles. The minimum absolute atomic E-state index is 0.0105. The molecule has 0 radical (unpaired) electrons. The van der Waals surface area contributed by atoms with Crippen LogP contribution < -0.4 is 19.5 Å². The molecule has 0 bridgehead atoms. The van der Waals surface area contributed by atoms with Crippen LogP contribution in [0.15, 0.2) is 54.7 Å². The molecular weight excluding hydrogens is 480 g/mol. The summed E-state index contributed by atoms with van der Waals surface area (Å²) in [6, 6.07) is 13.6. The molecule has 3 rings (SSSR count). The number of aliphatic carboxylic acids is 1. The Kier molecular flexibility index (Phi) is 8.82. The molecule has 0 aliphatic rings. The number of thioether (sulfide) groups is 1. The van der Waals surface area contributed by atoms with Crippen LogP contribution in [0.5, 0.6) is 23.1 Å². The number of hydrogen-bond acceptors (Lipinski definition) is 7. The van der Waals surface area contributed by atoms with Crippen molar-refractivity contribution in [2.45, 2.75) is 37.7 Å². The molecule has 0 fully saturated rings. The number of carbonyl (C=O) groups is 2. The molecule has 2 N–H and O–H groups in total. The van der Waals surface area contributed by atoms with Crippen molar-refractivity contribution in [2.24, 2.45) is 0 Å². The second-order valence-corrected chi connectivity index (χ2v) is 10.7. The van der Waals surface area contributed by atoms with Gasteiger partial charge >= 0.3 is 5.97 Å². The van der Waals surface area contributed by atoms with Crippen molar-refractivity contribution in [3.8, 4) is 23.1 Å². The van der Waals surface area contributed by atoms with Crippen LogP contribution in [0.4, 0.5) is 5.69 Å². The molecule has 2 aromatic carbocycles. The fraction of sp³-hybridized carbons (Fsp3) is 0.296. The lowest BCUT2D eigenvalue weighted by Gasteiger charge is -2.20. The monoisotopic (exact) mass is 510 g/mol. The van der Waals surface area contributed by atoms with E-state index in [0.717, 1.165) is 5.56 Å². The number of nitrogens with zero attached hydrogens (tertiary/aromatic N) is 1. The van der Waals surface area contributed by atoms with Crippen LogP contribution in [0.3, 0.4) is 0 Å². The van der Waals surface area contributed by atoms with E-state index in [-0.39, 0.29) is 17.1 Å². The van der Waals surface area contributed by atoms with E-state index in [1.807, 2.05) is 0 Å². The predicted molar refractivity (Wildman–Crippen MR) is 141 cm³/mol. The van der Waals surface area contributed by atoms with E-state index < -0.39 is 5.97 Å². The number of nitrogens with one attached hydrogen (secondary N) is 1. The van der Waals surface area contributed by atoms with Gasteiger partial charge in [-0.25, -0.2) is 4.98 Å². The third-order valence-electron chi connectivity index (χ3n) is 4.99. The van der Waals surface area contributed by atoms with Gasteiger partial charge in [-0.05, 0) is 42.0 Å². The van der Waals surface area contributed by atoms with E-state index in [1.54, 1.807) is 60.3 Å². The minimum atomic E-state index is -0.934. The zero-order chi connectivity index (χ0) is 26.3. The Morgan fingerprint density at radius 1 is 0.972 bits per heavy atom. The summed E-state index contributed by atoms with van der Waals surface area (Å²) in [7, 11) is 3.05. The third kappa shape index (κ3) is 7.64. The number of benzene rings is 2. The minimum Gasteiger partial charge on any atom is -0.493 e. The number of amides is 1. The molecule has 190 valence electrons. The first-order valence-electron chi connectivity index (χ1n) is 11.2. The van der Waals surface area contributed by atoms with Crippen molar-refractivity contribution in [3.63, 3.8) is 0 Å². The van der Waals surface area contributed by atoms with Crippen LogP contribution in [0.1, 0.15) is 42.3 Å². The van der Waals surface area contributed by atoms with Crippen LogP contribution in [-0.4, -0.2) is 40.9 Å². The molecule has 0 spiro atoms. The van der Waals surface area contributed by atoms with E-state index in [9.17, 15) is 9.59 Å². The molecule has 0 atom stereocenters. The highest BCUT2D eigenvalue weighted by molar-refractivity contribution is 7.99. The number of carboxylic acid groups (broad SMARTS) is 1. The highest BCUT2D eigenvalue weighted by Crippen LogP contribution is 2.37. The maximum absolute atomic E-state index is 12.9. The summed E-state index contributed by atoms with van der Waals surface area (Å²) in [5, 5.41) is 12.0. The first-order chi connectivity index (χ1) is 17.1. The molecule has 3 aromatic rings. The van der Waals surface area contributed by atoms with Crippen LogP contribution in [0, 0.1) is 0 Å². The molecule has 1 heterocycles. The van der Waals surface area contributed by atoms with Gasteiger partial charge in [-0.1, -0.05) is 26.8 Å². The summed E-state index contributed by atoms with van der Waals surface area (Å²) in [6.45, 7) is 6.34. The molecule has 0 saturated heterocycles. The Morgan fingerprint density at radius 3 is 2.33 bits per heavy atom. The highest BCUT2D eigenvalue weighted by Gasteiger charge is 2.18. The van der Waals surface area contributed by atoms with Gasteiger partial charge in [-0.15, -0.1) is 0 Å². The lowest BCUT2D eigenvalue weighted by molar-refractivity contribution is -0.136. The Labute approximate surface area is 215 Å². The molecule has 1 aromatic heterocycles. The zero-order valence-electron chi connectivity index (χ0n) is 21.0. The molecular formula is C27H30N2O6S. The van der Waals surface area contributed by atoms with Gasteiger partial charge in [-0.3, -0.25) is 9.59 Å². The number of carbonyl (C=O) groups excluding carboxylic acids is 1. The number of carboxylic acids is 1. The fourth-order valence-corrected chi connectivity index (χ4v) is 4.02. The molecule has 8 nitrogen and oxygen atoms in total. The lowest BCUT2D eigenvalue weighted by atomic mass is 10.1. The van der Waals surface area contributed by atoms with Gasteiger partial charge < -0.3 is 24.6 Å². The van der Waals surface area contributed by atoms with E-state index in [1.165, 1.54) is 20.4 Å². The average molecular weight is 511 g/mol. The second-order valence-electron chi connectivity index (χ2n) is 8.92. The summed E-state index contributed by atoms with van der Waals surface area (Å²) < 4.78 is 16.7. The number of aromatic nitrogens is 1. The largest absolute Gasteiger partial charge is 0.493 e. The van der Waals surface area contributed by atoms with E-state index in [4.69, 9.17) is 19.3 Å². The van der Waals surface area contributed by atoms with Gasteiger partial charge in [0.2, 0.25) is 5.88 Å². The van der Waals surface area contributed by atoms with E-state index in [2.05, 4.69) is 31.1 Å². The van der Waals surface area contributed by atoms with Gasteiger partial charge in [0.1, 0.15) is 5.75 Å². The van der Waals surface area contributed by atoms with Gasteiger partial charge in [0, 0.05) is 27.7 Å². The average Bonchev–Trinajstić information content (AvgIpc) is 2.83. The molecule has 1 amide bonds. The normalized spacial score (nSPS) is 11.0. The van der Waals surface area contributed by atoms with Crippen LogP contribution in [-0.2, 0) is 17.0 Å². The number of ether oxygens (including phenoxy) is 3. The predicted octanol–water partition coefficient (Wildman–Crippen LogP) is 5.80. The first kappa shape index (κ1) is 26.9. The Morgan fingerprint density at radius 2 is 1.72 bits per heavy atom. The van der Waals surface area contributed by atoms with Crippen molar-refractivity contribution in [1.29, 1.82) is 0 Å². The fourth-order valence-electron chi connectivity index (χ4n) is 3.21. The Bertz CT molecular complexity index is 1220. The summed E-state index contributed by atoms with van der Waals surface area (Å²) in [5.41, 5.74) is 2.43. The number of pyridine rings is 1. The zero-order valence-corrected chi connectivity index (χ0v) is 21.8. The SMILES string of the molecule is COc1ccc(NC(=O)c2ccc(Oc3cc(CC(=O)O)ccc3OC)c(CSC(C)(C)C)c2)cn1. The van der Waals surface area contributed by atoms with Gasteiger partial charge in [-0.2, -0.15) is 11.8 Å². The van der Waals surface area contributed by atoms with Crippen LogP contribution in [0.25, 0.3) is 0 Å². The van der Waals surface area contributed by atoms with Crippen LogP contribution in [0.2, 0.25) is 0 Å². The Balaban J connectivity index is 1.91. The summed E-state index contributed by atoms with van der Waals surface area (Å²) in [6.07, 6.45) is 1.40. The maximum atomic E-state index is 12.9. The quantitative estimate of drug-likeness (QED) is 0.352. The second kappa shape index (κ2) is 11.8. The van der Waals surface area contributed by atoms with E-state index >= 15 is 0 Å². The number of anilines is 1. The van der Waals surface area contributed by atoms with Crippen LogP contribution >= 0.6 is 11.8 Å². The molecule has 0 unspecified atom stereocenters. The van der Waals surface area contributed by atoms with Crippen molar-refractivity contribution >= 4 is 29.3 Å². The number of rotatable bonds is 10. The Hall–Kier alpha value is -3.72. The third-order valence-corrected chi connectivity index (χ3v) is 6.31. The van der Waals surface area contributed by atoms with Crippen molar-refractivity contribution in [3.05, 3.63) is 71.4 Å². The van der Waals surface area contributed by atoms with Crippen molar-refractivity contribution in [2.75, 3.05) is 19.5 Å². The molecule has 0 aliphatic carbocycles. The molecule has 36 heavy (non-hydrogen) atoms. The standard InChI is InChI=1S/C27H30N2O6S/c1-27(2,3)36-16-19-14-18(26(32)29-20-8-11-24(34-5)28-15-20)7-10-21(19)35-23-12-17(13-25(30)31)6-9-22(23)33-4/h6-12,14-15H,13,16H2,1-5H3,(H,29,32)(H,30,31). The van der Waals surface area contributed by atoms with Crippen molar-refractivity contribution in [1.82, 2.24) is 4.98 Å². The van der Waals surface area contributed by atoms with Gasteiger partial charge in [0.25, 0.3) is 5.91 Å². The maximum Gasteiger partial charge on any atom is 0.307 e. The summed E-state index contributed by atoms with van der Waals surface area (Å²) in [4.78, 5) is 28.2. The topological polar surface area (TPSA) is 107 Å². The number of hydrogen-bond donors (Lipinski definition) is 2. The van der Waals surface area contributed by atoms with E-state index in [0.29, 0.717) is 45.7 Å². The van der Waals surface area contributed by atoms with Gasteiger partial charge in [0.15, 0.2) is 11.5 Å². The lowest BCUT2D eigenvalue weighted by Crippen LogP contribution is -2.13. The molecule has 9 heteroatoms. The van der Waals surface area contributed by atoms with Crippen molar-refractivity contribution < 1.29 is 28.9 Å². The smallest absolute Gasteiger partial charge is 0.307 e. The molecule has 0 saturated carbocycles. The van der Waals surface area contributed by atoms with Gasteiger partial charge in [0.05, 0.1) is 32.5 Å². The first-order valence-corrected chi connectivity index (χ1v) is 12.2. The number of methoxy groups -OCH3 is 2. The highest BCUT2D eigenvalue weighted by atomic mass is 32.2. The summed E-state index contributed by atoms with van der Waals surface area (Å²) in [5.74, 6) is 1.28.